The number of carbonyl (C=O) groups is 10. The summed E-state index contributed by atoms with van der Waals surface area (Å²) in [4.78, 5) is 124. The number of hydrogen-bond donors (Lipinski definition) is 6. The van der Waals surface area contributed by atoms with Gasteiger partial charge >= 0.3 is 12.1 Å². The third-order valence-electron chi connectivity index (χ3n) is 10.6. The van der Waals surface area contributed by atoms with Crippen LogP contribution in [0.15, 0.2) is 36.4 Å². The second-order valence-corrected chi connectivity index (χ2v) is 14.9. The Balaban J connectivity index is 0.000000230. The first-order valence-corrected chi connectivity index (χ1v) is 20.6. The highest BCUT2D eigenvalue weighted by Crippen LogP contribution is 2.31. The summed E-state index contributed by atoms with van der Waals surface area (Å²) in [6.07, 6.45) is 8.94. The molecule has 4 aliphatic rings. The summed E-state index contributed by atoms with van der Waals surface area (Å²) >= 11 is 0. The second-order valence-electron chi connectivity index (χ2n) is 14.9. The molecule has 2 unspecified atom stereocenters. The van der Waals surface area contributed by atoms with Crippen molar-refractivity contribution in [3.05, 3.63) is 69.8 Å². The maximum absolute atomic E-state index is 13.0. The summed E-state index contributed by atoms with van der Waals surface area (Å²) < 4.78 is 0. The van der Waals surface area contributed by atoms with E-state index in [4.69, 9.17) is 0 Å². The van der Waals surface area contributed by atoms with Gasteiger partial charge in [0.05, 0.1) is 22.3 Å². The number of imide groups is 4. The molecule has 0 spiro atoms. The van der Waals surface area contributed by atoms with E-state index in [2.05, 4.69) is 38.8 Å². The zero-order valence-electron chi connectivity index (χ0n) is 33.9. The van der Waals surface area contributed by atoms with Gasteiger partial charge in [0, 0.05) is 39.0 Å². The average Bonchev–Trinajstić information content (AvgIpc) is 3.63. The van der Waals surface area contributed by atoms with Gasteiger partial charge in [-0.15, -0.1) is 0 Å². The van der Waals surface area contributed by atoms with Crippen molar-refractivity contribution in [2.45, 2.75) is 116 Å². The highest BCUT2D eigenvalue weighted by atomic mass is 16.2. The summed E-state index contributed by atoms with van der Waals surface area (Å²) in [6, 6.07) is 6.93. The van der Waals surface area contributed by atoms with Crippen molar-refractivity contribution < 1.29 is 47.9 Å². The zero-order valence-corrected chi connectivity index (χ0v) is 33.9. The standard InChI is InChI=1S/C23H30N4O5.C19H22N4O5/c1-2-3-4-5-6-7-13-24-23(32)25-14-15-9-8-10-16-19(15)22(31)27(21(16)30)17-11-12-18(28)26-20(17)29;1-2-3-9-20-19(28)21-10-11-5-4-6-12-15(11)18(27)23(17(12)26)13-7-8-14(24)22-16(13)25/h8-10,17H,2-7,11-14H2,1H3,(H2,24,25,32)(H,26,28,29);4-6,13H,2-3,7-10H2,1H3,(H2,20,21,28)(H,22,24,25). The molecule has 4 heterocycles. The number of hydrogen-bond acceptors (Lipinski definition) is 10. The molecule has 0 aliphatic carbocycles. The predicted molar refractivity (Wildman–Crippen MR) is 215 cm³/mol. The van der Waals surface area contributed by atoms with E-state index in [9.17, 15) is 47.9 Å². The Kier molecular flexibility index (Phi) is 15.6. The molecule has 0 bridgehead atoms. The monoisotopic (exact) mass is 828 g/mol. The molecule has 2 aromatic carbocycles. The number of urea groups is 2. The van der Waals surface area contributed by atoms with Gasteiger partial charge in [-0.1, -0.05) is 76.6 Å². The lowest BCUT2D eigenvalue weighted by Gasteiger charge is -2.27. The van der Waals surface area contributed by atoms with Crippen molar-refractivity contribution in [2.24, 2.45) is 0 Å². The van der Waals surface area contributed by atoms with Crippen molar-refractivity contribution in [3.63, 3.8) is 0 Å². The van der Waals surface area contributed by atoms with E-state index < -0.39 is 59.3 Å². The molecule has 2 aromatic rings. The van der Waals surface area contributed by atoms with Crippen LogP contribution in [-0.4, -0.2) is 94.3 Å². The van der Waals surface area contributed by atoms with Crippen LogP contribution in [0.2, 0.25) is 0 Å². The summed E-state index contributed by atoms with van der Waals surface area (Å²) in [6.45, 7) is 5.46. The highest BCUT2D eigenvalue weighted by Gasteiger charge is 2.47. The Labute approximate surface area is 347 Å². The minimum atomic E-state index is -1.01. The van der Waals surface area contributed by atoms with Crippen LogP contribution in [0.4, 0.5) is 9.59 Å². The van der Waals surface area contributed by atoms with E-state index in [1.54, 1.807) is 24.3 Å². The van der Waals surface area contributed by atoms with Gasteiger partial charge in [0.1, 0.15) is 12.1 Å². The maximum atomic E-state index is 13.0. The summed E-state index contributed by atoms with van der Waals surface area (Å²) in [7, 11) is 0. The van der Waals surface area contributed by atoms with Crippen molar-refractivity contribution in [2.75, 3.05) is 13.1 Å². The van der Waals surface area contributed by atoms with Gasteiger partial charge in [-0.05, 0) is 48.9 Å². The molecule has 0 saturated carbocycles. The van der Waals surface area contributed by atoms with Crippen molar-refractivity contribution >= 4 is 59.3 Å². The number of benzene rings is 2. The molecule has 0 radical (unpaired) electrons. The summed E-state index contributed by atoms with van der Waals surface area (Å²) in [5.41, 5.74) is 1.78. The number of nitrogens with one attached hydrogen (secondary N) is 6. The van der Waals surface area contributed by atoms with Gasteiger partial charge < -0.3 is 21.3 Å². The van der Waals surface area contributed by atoms with E-state index in [0.717, 1.165) is 41.9 Å². The predicted octanol–water partition coefficient (Wildman–Crippen LogP) is 2.93. The van der Waals surface area contributed by atoms with Crippen LogP contribution in [0.3, 0.4) is 0 Å². The first kappa shape index (κ1) is 44.6. The van der Waals surface area contributed by atoms with Crippen LogP contribution >= 0.6 is 0 Å². The van der Waals surface area contributed by atoms with Crippen molar-refractivity contribution in [1.29, 1.82) is 0 Å². The Morgan fingerprint density at radius 3 is 1.40 bits per heavy atom. The Bertz CT molecular complexity index is 2050. The molecule has 2 saturated heterocycles. The Morgan fingerprint density at radius 2 is 0.967 bits per heavy atom. The fraction of sp³-hybridized carbons (Fsp3) is 0.476. The van der Waals surface area contributed by atoms with Crippen LogP contribution in [0.1, 0.15) is 143 Å². The summed E-state index contributed by atoms with van der Waals surface area (Å²) in [5.74, 6) is -4.43. The van der Waals surface area contributed by atoms with E-state index in [1.807, 2.05) is 6.92 Å². The maximum Gasteiger partial charge on any atom is 0.315 e. The number of unbranched alkanes of at least 4 members (excludes halogenated alkanes) is 6. The lowest BCUT2D eigenvalue weighted by Crippen LogP contribution is -2.54. The Hall–Kier alpha value is -6.46. The molecule has 0 aromatic heterocycles. The van der Waals surface area contributed by atoms with E-state index in [-0.39, 0.29) is 73.1 Å². The molecule has 320 valence electrons. The number of nitrogens with zero attached hydrogens (tertiary/aromatic N) is 2. The third-order valence-corrected chi connectivity index (χ3v) is 10.6. The lowest BCUT2D eigenvalue weighted by molar-refractivity contribution is -0.137. The summed E-state index contributed by atoms with van der Waals surface area (Å²) in [5, 5.41) is 15.3. The average molecular weight is 829 g/mol. The van der Waals surface area contributed by atoms with Crippen LogP contribution in [-0.2, 0) is 32.3 Å². The van der Waals surface area contributed by atoms with Crippen LogP contribution in [0.5, 0.6) is 0 Å². The molecule has 12 amide bonds. The largest absolute Gasteiger partial charge is 0.338 e. The minimum absolute atomic E-state index is 0.0656. The number of rotatable bonds is 16. The zero-order chi connectivity index (χ0) is 43.3. The van der Waals surface area contributed by atoms with E-state index >= 15 is 0 Å². The smallest absolute Gasteiger partial charge is 0.315 e. The molecule has 2 atom stereocenters. The lowest BCUT2D eigenvalue weighted by atomic mass is 10.0. The molecule has 6 rings (SSSR count). The van der Waals surface area contributed by atoms with Gasteiger partial charge in [0.25, 0.3) is 23.6 Å². The van der Waals surface area contributed by atoms with Gasteiger partial charge in [-0.2, -0.15) is 0 Å². The van der Waals surface area contributed by atoms with Crippen LogP contribution in [0, 0.1) is 0 Å². The number of piperidine rings is 2. The van der Waals surface area contributed by atoms with Crippen molar-refractivity contribution in [1.82, 2.24) is 41.7 Å². The topological polar surface area (TPSA) is 249 Å². The first-order valence-electron chi connectivity index (χ1n) is 20.6. The Morgan fingerprint density at radius 1 is 0.550 bits per heavy atom. The van der Waals surface area contributed by atoms with Crippen LogP contribution < -0.4 is 31.9 Å². The fourth-order valence-electron chi connectivity index (χ4n) is 7.43. The molecule has 6 N–H and O–H groups in total. The SMILES string of the molecule is CCCCCCCCNC(=O)NCc1cccc2c1C(=O)N(C1CCC(=O)NC1=O)C2=O.CCCCNC(=O)NCc1cccc2c1C(=O)N(C1CCC(=O)NC1=O)C2=O. The number of fused-ring (bicyclic) bond motifs is 2. The minimum Gasteiger partial charge on any atom is -0.338 e. The number of carbonyl (C=O) groups excluding carboxylic acids is 10. The second kappa shape index (κ2) is 21.0. The highest BCUT2D eigenvalue weighted by molar-refractivity contribution is 6.25. The third kappa shape index (κ3) is 10.6. The van der Waals surface area contributed by atoms with Gasteiger partial charge in [-0.25, -0.2) is 9.59 Å². The van der Waals surface area contributed by atoms with Gasteiger partial charge in [0.2, 0.25) is 23.6 Å². The molecule has 2 fully saturated rings. The molecular formula is C42H52N8O10. The molecular weight excluding hydrogens is 777 g/mol. The fourth-order valence-corrected chi connectivity index (χ4v) is 7.43. The van der Waals surface area contributed by atoms with E-state index in [1.165, 1.54) is 31.4 Å². The quantitative estimate of drug-likeness (QED) is 0.107. The van der Waals surface area contributed by atoms with E-state index in [0.29, 0.717) is 24.2 Å². The normalized spacial score (nSPS) is 18.3. The first-order chi connectivity index (χ1) is 28.9. The molecule has 60 heavy (non-hydrogen) atoms. The van der Waals surface area contributed by atoms with Gasteiger partial charge in [-0.3, -0.25) is 58.8 Å². The van der Waals surface area contributed by atoms with Crippen LogP contribution in [0.25, 0.3) is 0 Å². The van der Waals surface area contributed by atoms with Gasteiger partial charge in [0.15, 0.2) is 0 Å². The van der Waals surface area contributed by atoms with Crippen molar-refractivity contribution in [3.8, 4) is 0 Å². The molecule has 18 heteroatoms. The number of amides is 12. The molecule has 4 aliphatic heterocycles. The molecule has 18 nitrogen and oxygen atoms in total.